The smallest absolute Gasteiger partial charge is 0.274 e. The molecule has 7 heteroatoms. The number of carbonyl (C=O) groups is 1. The Morgan fingerprint density at radius 3 is 2.71 bits per heavy atom. The van der Waals surface area contributed by atoms with Crippen molar-refractivity contribution < 1.29 is 4.79 Å². The zero-order valence-electron chi connectivity index (χ0n) is 12.8. The van der Waals surface area contributed by atoms with Crippen LogP contribution in [0.2, 0.25) is 10.0 Å². The van der Waals surface area contributed by atoms with Crippen molar-refractivity contribution in [3.63, 3.8) is 0 Å². The number of aromatic nitrogens is 3. The number of benzene rings is 2. The lowest BCUT2D eigenvalue weighted by atomic mass is 10.2. The van der Waals surface area contributed by atoms with Gasteiger partial charge < -0.3 is 5.32 Å². The van der Waals surface area contributed by atoms with Crippen molar-refractivity contribution in [2.24, 2.45) is 0 Å². The molecule has 24 heavy (non-hydrogen) atoms. The molecule has 0 radical (unpaired) electrons. The second kappa shape index (κ2) is 7.03. The molecular formula is C17H14Cl2N4O. The molecule has 0 saturated carbocycles. The maximum absolute atomic E-state index is 12.4. The Hall–Kier alpha value is -2.37. The van der Waals surface area contributed by atoms with Crippen LogP contribution in [-0.4, -0.2) is 20.9 Å². The van der Waals surface area contributed by atoms with Crippen molar-refractivity contribution in [2.75, 3.05) is 0 Å². The molecular weight excluding hydrogens is 347 g/mol. The van der Waals surface area contributed by atoms with Crippen molar-refractivity contribution in [3.8, 4) is 5.69 Å². The molecule has 0 aliphatic rings. The van der Waals surface area contributed by atoms with Crippen molar-refractivity contribution in [2.45, 2.75) is 13.5 Å². The highest BCUT2D eigenvalue weighted by molar-refractivity contribution is 6.31. The molecule has 5 nitrogen and oxygen atoms in total. The molecule has 1 aromatic heterocycles. The molecule has 0 saturated heterocycles. The number of nitrogens with one attached hydrogen (secondary N) is 1. The van der Waals surface area contributed by atoms with Gasteiger partial charge in [0.15, 0.2) is 5.69 Å². The van der Waals surface area contributed by atoms with Crippen LogP contribution in [-0.2, 0) is 6.54 Å². The average molecular weight is 361 g/mol. The molecule has 3 aromatic rings. The van der Waals surface area contributed by atoms with Gasteiger partial charge in [-0.3, -0.25) is 4.79 Å². The molecule has 0 aliphatic carbocycles. The highest BCUT2D eigenvalue weighted by Gasteiger charge is 2.17. The van der Waals surface area contributed by atoms with Gasteiger partial charge in [-0.2, -0.15) is 0 Å². The van der Waals surface area contributed by atoms with E-state index in [9.17, 15) is 4.79 Å². The molecule has 1 amide bonds. The number of hydrogen-bond donors (Lipinski definition) is 1. The molecule has 1 heterocycles. The highest BCUT2D eigenvalue weighted by Crippen LogP contribution is 2.17. The third kappa shape index (κ3) is 3.42. The summed E-state index contributed by atoms with van der Waals surface area (Å²) in [6.45, 7) is 2.10. The number of halogens is 2. The Morgan fingerprint density at radius 1 is 1.17 bits per heavy atom. The molecule has 0 atom stereocenters. The first-order valence-electron chi connectivity index (χ1n) is 7.26. The minimum absolute atomic E-state index is 0.266. The van der Waals surface area contributed by atoms with E-state index in [1.165, 1.54) is 0 Å². The molecule has 0 spiro atoms. The number of rotatable bonds is 4. The van der Waals surface area contributed by atoms with Crippen molar-refractivity contribution >= 4 is 29.1 Å². The molecule has 0 aliphatic heterocycles. The highest BCUT2D eigenvalue weighted by atomic mass is 35.5. The quantitative estimate of drug-likeness (QED) is 0.769. The van der Waals surface area contributed by atoms with E-state index in [0.717, 1.165) is 11.3 Å². The van der Waals surface area contributed by atoms with Gasteiger partial charge in [0, 0.05) is 16.6 Å². The first kappa shape index (κ1) is 16.5. The molecule has 0 unspecified atom stereocenters. The van der Waals surface area contributed by atoms with Gasteiger partial charge in [0.1, 0.15) is 0 Å². The third-order valence-electron chi connectivity index (χ3n) is 3.56. The minimum Gasteiger partial charge on any atom is -0.346 e. The van der Waals surface area contributed by atoms with Gasteiger partial charge in [-0.15, -0.1) is 5.10 Å². The van der Waals surface area contributed by atoms with E-state index in [4.69, 9.17) is 23.2 Å². The Bertz CT molecular complexity index is 892. The Balaban J connectivity index is 1.78. The van der Waals surface area contributed by atoms with Crippen LogP contribution in [0.15, 0.2) is 48.5 Å². The van der Waals surface area contributed by atoms with E-state index in [2.05, 4.69) is 15.6 Å². The largest absolute Gasteiger partial charge is 0.346 e. The summed E-state index contributed by atoms with van der Waals surface area (Å²) >= 11 is 12.1. The van der Waals surface area contributed by atoms with Crippen molar-refractivity contribution in [1.29, 1.82) is 0 Å². The fourth-order valence-electron chi connectivity index (χ4n) is 2.29. The molecule has 3 rings (SSSR count). The second-order valence-electron chi connectivity index (χ2n) is 5.19. The van der Waals surface area contributed by atoms with Crippen LogP contribution in [0.25, 0.3) is 5.69 Å². The van der Waals surface area contributed by atoms with Gasteiger partial charge in [0.2, 0.25) is 0 Å². The molecule has 1 N–H and O–H groups in total. The summed E-state index contributed by atoms with van der Waals surface area (Å²) < 4.78 is 1.58. The third-order valence-corrected chi connectivity index (χ3v) is 4.16. The van der Waals surface area contributed by atoms with Crippen molar-refractivity contribution in [1.82, 2.24) is 20.3 Å². The molecule has 0 bridgehead atoms. The standard InChI is InChI=1S/C17H14Cl2N4O/c1-11-16(17(24)20-10-12-5-2-3-8-15(12)19)21-22-23(11)14-7-4-6-13(18)9-14/h2-9H,10H2,1H3,(H,20,24). The van der Waals surface area contributed by atoms with Crippen LogP contribution < -0.4 is 5.32 Å². The lowest BCUT2D eigenvalue weighted by molar-refractivity contribution is 0.0945. The fourth-order valence-corrected chi connectivity index (χ4v) is 2.68. The Labute approximate surface area is 149 Å². The van der Waals surface area contributed by atoms with E-state index in [-0.39, 0.29) is 11.6 Å². The van der Waals surface area contributed by atoms with E-state index < -0.39 is 0 Å². The van der Waals surface area contributed by atoms with Crippen LogP contribution in [0.4, 0.5) is 0 Å². The number of carbonyl (C=O) groups excluding carboxylic acids is 1. The summed E-state index contributed by atoms with van der Waals surface area (Å²) in [6.07, 6.45) is 0. The average Bonchev–Trinajstić information content (AvgIpc) is 2.95. The zero-order chi connectivity index (χ0) is 17.1. The van der Waals surface area contributed by atoms with Crippen LogP contribution >= 0.6 is 23.2 Å². The summed E-state index contributed by atoms with van der Waals surface area (Å²) in [6, 6.07) is 14.5. The van der Waals surface area contributed by atoms with Crippen LogP contribution in [0.5, 0.6) is 0 Å². The van der Waals surface area contributed by atoms with Gasteiger partial charge in [0.25, 0.3) is 5.91 Å². The summed E-state index contributed by atoms with van der Waals surface area (Å²) in [7, 11) is 0. The van der Waals surface area contributed by atoms with Crippen LogP contribution in [0, 0.1) is 6.92 Å². The van der Waals surface area contributed by atoms with Gasteiger partial charge in [-0.05, 0) is 36.8 Å². The predicted octanol–water partition coefficient (Wildman–Crippen LogP) is 3.81. The van der Waals surface area contributed by atoms with Gasteiger partial charge in [-0.1, -0.05) is 52.7 Å². The fraction of sp³-hybridized carbons (Fsp3) is 0.118. The van der Waals surface area contributed by atoms with Crippen LogP contribution in [0.1, 0.15) is 21.7 Å². The predicted molar refractivity (Wildman–Crippen MR) is 93.7 cm³/mol. The number of hydrogen-bond acceptors (Lipinski definition) is 3. The Morgan fingerprint density at radius 2 is 1.96 bits per heavy atom. The van der Waals surface area contributed by atoms with Gasteiger partial charge in [0.05, 0.1) is 11.4 Å². The van der Waals surface area contributed by atoms with Crippen LogP contribution in [0.3, 0.4) is 0 Å². The second-order valence-corrected chi connectivity index (χ2v) is 6.03. The maximum atomic E-state index is 12.4. The minimum atomic E-state index is -0.305. The monoisotopic (exact) mass is 360 g/mol. The van der Waals surface area contributed by atoms with E-state index in [1.807, 2.05) is 30.3 Å². The van der Waals surface area contributed by atoms with E-state index >= 15 is 0 Å². The molecule has 2 aromatic carbocycles. The summed E-state index contributed by atoms with van der Waals surface area (Å²) in [4.78, 5) is 12.4. The first-order chi connectivity index (χ1) is 11.6. The number of amides is 1. The molecule has 122 valence electrons. The maximum Gasteiger partial charge on any atom is 0.274 e. The summed E-state index contributed by atoms with van der Waals surface area (Å²) in [5.74, 6) is -0.305. The first-order valence-corrected chi connectivity index (χ1v) is 8.01. The topological polar surface area (TPSA) is 59.8 Å². The summed E-state index contributed by atoms with van der Waals surface area (Å²) in [5.41, 5.74) is 2.49. The summed E-state index contributed by atoms with van der Waals surface area (Å²) in [5, 5.41) is 12.0. The molecule has 0 fully saturated rings. The van der Waals surface area contributed by atoms with E-state index in [0.29, 0.717) is 22.3 Å². The lowest BCUT2D eigenvalue weighted by Crippen LogP contribution is -2.24. The van der Waals surface area contributed by atoms with Gasteiger partial charge >= 0.3 is 0 Å². The van der Waals surface area contributed by atoms with E-state index in [1.54, 1.807) is 29.8 Å². The normalized spacial score (nSPS) is 10.6. The lowest BCUT2D eigenvalue weighted by Gasteiger charge is -2.06. The SMILES string of the molecule is Cc1c(C(=O)NCc2ccccc2Cl)nnn1-c1cccc(Cl)c1. The van der Waals surface area contributed by atoms with Crippen molar-refractivity contribution in [3.05, 3.63) is 75.5 Å². The Kier molecular flexibility index (Phi) is 4.83. The number of nitrogens with zero attached hydrogens (tertiary/aromatic N) is 3. The van der Waals surface area contributed by atoms with Gasteiger partial charge in [-0.25, -0.2) is 4.68 Å². The zero-order valence-corrected chi connectivity index (χ0v) is 14.3.